The minimum absolute atomic E-state index is 0.00308. The Labute approximate surface area is 122 Å². The van der Waals surface area contributed by atoms with Crippen LogP contribution >= 0.6 is 11.6 Å². The molecule has 0 spiro atoms. The summed E-state index contributed by atoms with van der Waals surface area (Å²) >= 11 is 5.86. The molecule has 2 rings (SSSR count). The van der Waals surface area contributed by atoms with Crippen LogP contribution in [0.4, 0.5) is 5.69 Å². The third-order valence-corrected chi connectivity index (χ3v) is 4.01. The Morgan fingerprint density at radius 2 is 2.15 bits per heavy atom. The molecule has 20 heavy (non-hydrogen) atoms. The highest BCUT2D eigenvalue weighted by atomic mass is 35.5. The van der Waals surface area contributed by atoms with Gasteiger partial charge < -0.3 is 4.90 Å². The normalized spacial score (nSPS) is 19.5. The minimum Gasteiger partial charge on any atom is -0.336 e. The molecule has 1 aliphatic heterocycles. The Bertz CT molecular complexity index is 533. The van der Waals surface area contributed by atoms with Gasteiger partial charge in [0.1, 0.15) is 5.02 Å². The van der Waals surface area contributed by atoms with Crippen LogP contribution in [0, 0.1) is 10.1 Å². The highest BCUT2D eigenvalue weighted by molar-refractivity contribution is 6.33. The predicted octanol–water partition coefficient (Wildman–Crippen LogP) is 3.65. The summed E-state index contributed by atoms with van der Waals surface area (Å²) in [6, 6.07) is 4.35. The first-order valence-electron chi connectivity index (χ1n) is 6.75. The highest BCUT2D eigenvalue weighted by Gasteiger charge is 2.24. The minimum atomic E-state index is -0.550. The number of nitro benzene ring substituents is 1. The molecule has 1 amide bonds. The first-order chi connectivity index (χ1) is 9.50. The molecule has 0 aromatic heterocycles. The van der Waals surface area contributed by atoms with Crippen molar-refractivity contribution < 1.29 is 9.72 Å². The van der Waals surface area contributed by atoms with Crippen LogP contribution in [0.2, 0.25) is 5.02 Å². The van der Waals surface area contributed by atoms with E-state index >= 15 is 0 Å². The van der Waals surface area contributed by atoms with Crippen LogP contribution in [-0.2, 0) is 0 Å². The predicted molar refractivity (Wildman–Crippen MR) is 77.1 cm³/mol. The molecule has 1 aromatic rings. The van der Waals surface area contributed by atoms with Crippen LogP contribution in [0.1, 0.15) is 43.0 Å². The number of hydrogen-bond donors (Lipinski definition) is 0. The molecule has 0 saturated carbocycles. The number of likely N-dealkylation sites (tertiary alicyclic amines) is 1. The summed E-state index contributed by atoms with van der Waals surface area (Å²) in [5.41, 5.74) is 0.237. The maximum atomic E-state index is 12.5. The fourth-order valence-corrected chi connectivity index (χ4v) is 2.78. The smallest absolute Gasteiger partial charge is 0.287 e. The van der Waals surface area contributed by atoms with Gasteiger partial charge in [-0.1, -0.05) is 24.4 Å². The van der Waals surface area contributed by atoms with Crippen LogP contribution in [0.3, 0.4) is 0 Å². The van der Waals surface area contributed by atoms with E-state index in [1.807, 2.05) is 11.8 Å². The third kappa shape index (κ3) is 3.10. The summed E-state index contributed by atoms with van der Waals surface area (Å²) in [4.78, 5) is 24.5. The topological polar surface area (TPSA) is 63.5 Å². The van der Waals surface area contributed by atoms with Gasteiger partial charge in [-0.2, -0.15) is 0 Å². The zero-order valence-electron chi connectivity index (χ0n) is 11.3. The number of nitrogens with zero attached hydrogens (tertiary/aromatic N) is 2. The molecule has 1 aromatic carbocycles. The third-order valence-electron chi connectivity index (χ3n) is 3.71. The average molecular weight is 297 g/mol. The average Bonchev–Trinajstić information content (AvgIpc) is 2.62. The lowest BCUT2D eigenvalue weighted by molar-refractivity contribution is -0.384. The molecule has 5 nitrogen and oxygen atoms in total. The number of rotatable bonds is 2. The van der Waals surface area contributed by atoms with Crippen LogP contribution in [0.5, 0.6) is 0 Å². The van der Waals surface area contributed by atoms with Gasteiger partial charge >= 0.3 is 0 Å². The lowest BCUT2D eigenvalue weighted by Crippen LogP contribution is -2.38. The van der Waals surface area contributed by atoms with Crippen LogP contribution in [-0.4, -0.2) is 28.3 Å². The fraction of sp³-hybridized carbons (Fsp3) is 0.500. The Morgan fingerprint density at radius 3 is 2.80 bits per heavy atom. The van der Waals surface area contributed by atoms with Crippen molar-refractivity contribution in [1.29, 1.82) is 0 Å². The first-order valence-corrected chi connectivity index (χ1v) is 7.13. The molecule has 0 N–H and O–H groups in total. The zero-order valence-corrected chi connectivity index (χ0v) is 12.1. The summed E-state index contributed by atoms with van der Waals surface area (Å²) in [5.74, 6) is -0.101. The van der Waals surface area contributed by atoms with Gasteiger partial charge in [-0.25, -0.2) is 0 Å². The Hall–Kier alpha value is -1.62. The molecule has 0 radical (unpaired) electrons. The zero-order chi connectivity index (χ0) is 14.7. The number of carbonyl (C=O) groups excluding carboxylic acids is 1. The summed E-state index contributed by atoms with van der Waals surface area (Å²) < 4.78 is 0. The quantitative estimate of drug-likeness (QED) is 0.618. The Morgan fingerprint density at radius 1 is 1.40 bits per heavy atom. The molecule has 1 aliphatic rings. The van der Waals surface area contributed by atoms with Gasteiger partial charge in [0.05, 0.1) is 4.92 Å². The van der Waals surface area contributed by atoms with Crippen molar-refractivity contribution in [3.8, 4) is 0 Å². The molecule has 6 heteroatoms. The molecule has 108 valence electrons. The lowest BCUT2D eigenvalue weighted by atomic mass is 10.1. The van der Waals surface area contributed by atoms with Crippen molar-refractivity contribution >= 4 is 23.2 Å². The van der Waals surface area contributed by atoms with Crippen LogP contribution in [0.25, 0.3) is 0 Å². The molecule has 0 aliphatic carbocycles. The van der Waals surface area contributed by atoms with E-state index in [4.69, 9.17) is 11.6 Å². The van der Waals surface area contributed by atoms with Crippen LogP contribution in [0.15, 0.2) is 18.2 Å². The first kappa shape index (κ1) is 14.8. The van der Waals surface area contributed by atoms with Gasteiger partial charge in [-0.15, -0.1) is 0 Å². The van der Waals surface area contributed by atoms with Crippen molar-refractivity contribution in [2.75, 3.05) is 6.54 Å². The van der Waals surface area contributed by atoms with E-state index < -0.39 is 4.92 Å². The van der Waals surface area contributed by atoms with Gasteiger partial charge in [0.15, 0.2) is 0 Å². The number of hydrogen-bond acceptors (Lipinski definition) is 3. The summed E-state index contributed by atoms with van der Waals surface area (Å²) in [5, 5.41) is 10.7. The number of carbonyl (C=O) groups is 1. The second kappa shape index (κ2) is 6.22. The highest BCUT2D eigenvalue weighted by Crippen LogP contribution is 2.26. The number of amides is 1. The van der Waals surface area contributed by atoms with Gasteiger partial charge in [-0.3, -0.25) is 14.9 Å². The molecule has 1 fully saturated rings. The van der Waals surface area contributed by atoms with Crippen molar-refractivity contribution in [2.24, 2.45) is 0 Å². The van der Waals surface area contributed by atoms with Crippen molar-refractivity contribution in [1.82, 2.24) is 4.90 Å². The molecular weight excluding hydrogens is 280 g/mol. The van der Waals surface area contributed by atoms with Gasteiger partial charge in [0.2, 0.25) is 0 Å². The molecule has 1 saturated heterocycles. The van der Waals surface area contributed by atoms with Gasteiger partial charge in [-0.05, 0) is 31.9 Å². The van der Waals surface area contributed by atoms with Crippen molar-refractivity contribution in [3.63, 3.8) is 0 Å². The van der Waals surface area contributed by atoms with Crippen molar-refractivity contribution in [2.45, 2.75) is 38.6 Å². The van der Waals surface area contributed by atoms with Crippen molar-refractivity contribution in [3.05, 3.63) is 38.9 Å². The summed E-state index contributed by atoms with van der Waals surface area (Å²) in [6.45, 7) is 2.77. The molecular formula is C14H17ClN2O3. The summed E-state index contributed by atoms with van der Waals surface area (Å²) in [7, 11) is 0. The molecule has 1 unspecified atom stereocenters. The fourth-order valence-electron chi connectivity index (χ4n) is 2.53. The molecule has 0 bridgehead atoms. The monoisotopic (exact) mass is 296 g/mol. The number of benzene rings is 1. The van der Waals surface area contributed by atoms with Gasteiger partial charge in [0, 0.05) is 24.2 Å². The second-order valence-corrected chi connectivity index (χ2v) is 5.53. The maximum Gasteiger partial charge on any atom is 0.287 e. The SMILES string of the molecule is CC1CCCCCN1C(=O)c1ccc([N+](=O)[O-])c(Cl)c1. The van der Waals surface area contributed by atoms with E-state index in [1.165, 1.54) is 18.2 Å². The lowest BCUT2D eigenvalue weighted by Gasteiger charge is -2.27. The van der Waals surface area contributed by atoms with E-state index in [0.717, 1.165) is 32.2 Å². The Balaban J connectivity index is 2.24. The molecule has 1 atom stereocenters. The second-order valence-electron chi connectivity index (χ2n) is 5.12. The van der Waals surface area contributed by atoms with E-state index in [2.05, 4.69) is 0 Å². The van der Waals surface area contributed by atoms with E-state index in [9.17, 15) is 14.9 Å². The van der Waals surface area contributed by atoms with Crippen LogP contribution < -0.4 is 0 Å². The molecule has 1 heterocycles. The Kier molecular flexibility index (Phi) is 4.60. The van der Waals surface area contributed by atoms with E-state index in [1.54, 1.807) is 0 Å². The van der Waals surface area contributed by atoms with E-state index in [-0.39, 0.29) is 22.7 Å². The maximum absolute atomic E-state index is 12.5. The number of nitro groups is 1. The van der Waals surface area contributed by atoms with Gasteiger partial charge in [0.25, 0.3) is 11.6 Å². The standard InChI is InChI=1S/C14H17ClN2O3/c1-10-5-3-2-4-8-16(10)14(18)11-6-7-13(17(19)20)12(15)9-11/h6-7,9-10H,2-5,8H2,1H3. The largest absolute Gasteiger partial charge is 0.336 e. The van der Waals surface area contributed by atoms with E-state index in [0.29, 0.717) is 5.56 Å². The number of halogens is 1. The summed E-state index contributed by atoms with van der Waals surface area (Å²) in [6.07, 6.45) is 4.25.